The maximum Gasteiger partial charge on any atom is 0.352 e. The average molecular weight is 179 g/mol. The fourth-order valence-corrected chi connectivity index (χ4v) is 1.41. The highest BCUT2D eigenvalue weighted by Crippen LogP contribution is 2.15. The van der Waals surface area contributed by atoms with Crippen molar-refractivity contribution in [1.82, 2.24) is 14.5 Å². The summed E-state index contributed by atoms with van der Waals surface area (Å²) in [6.07, 6.45) is 0. The molecule has 0 aliphatic rings. The lowest BCUT2D eigenvalue weighted by molar-refractivity contribution is 0.0687. The smallest absolute Gasteiger partial charge is 0.352 e. The van der Waals surface area contributed by atoms with Crippen molar-refractivity contribution in [2.75, 3.05) is 0 Å². The van der Waals surface area contributed by atoms with Gasteiger partial charge in [-0.1, -0.05) is 0 Å². The Kier molecular flexibility index (Phi) is 1.42. The number of carbonyl (C=O) groups is 1. The van der Waals surface area contributed by atoms with Crippen LogP contribution in [-0.2, 0) is 7.05 Å². The molecule has 0 saturated heterocycles. The molecular weight excluding hydrogens is 170 g/mol. The largest absolute Gasteiger partial charge is 0.477 e. The van der Waals surface area contributed by atoms with Gasteiger partial charge in [0.25, 0.3) is 0 Å². The Labute approximate surface area is 74.0 Å². The van der Waals surface area contributed by atoms with Gasteiger partial charge in [0.1, 0.15) is 11.5 Å². The van der Waals surface area contributed by atoms with Crippen molar-refractivity contribution < 1.29 is 9.90 Å². The number of fused-ring (bicyclic) bond motifs is 1. The minimum atomic E-state index is -0.938. The molecule has 0 atom stereocenters. The van der Waals surface area contributed by atoms with E-state index in [0.29, 0.717) is 5.65 Å². The summed E-state index contributed by atoms with van der Waals surface area (Å²) in [5, 5.41) is 8.79. The van der Waals surface area contributed by atoms with Crippen molar-refractivity contribution in [3.8, 4) is 0 Å². The van der Waals surface area contributed by atoms with E-state index in [0.717, 1.165) is 11.3 Å². The monoisotopic (exact) mass is 179 g/mol. The van der Waals surface area contributed by atoms with E-state index in [1.54, 1.807) is 17.7 Å². The summed E-state index contributed by atoms with van der Waals surface area (Å²) in [4.78, 5) is 17.9. The van der Waals surface area contributed by atoms with Crippen LogP contribution in [0.3, 0.4) is 0 Å². The quantitative estimate of drug-likeness (QED) is 0.683. The van der Waals surface area contributed by atoms with Crippen molar-refractivity contribution in [3.63, 3.8) is 0 Å². The van der Waals surface area contributed by atoms with Gasteiger partial charge in [0, 0.05) is 7.05 Å². The number of H-pyrrole nitrogens is 1. The number of carboxylic acids is 1. The van der Waals surface area contributed by atoms with Gasteiger partial charge in [0.05, 0.1) is 5.52 Å². The number of aromatic nitrogens is 3. The average Bonchev–Trinajstić information content (AvgIpc) is 2.51. The number of imidazole rings is 1. The first-order chi connectivity index (χ1) is 6.09. The molecule has 0 spiro atoms. The first-order valence-electron chi connectivity index (χ1n) is 3.85. The molecule has 2 heterocycles. The van der Waals surface area contributed by atoms with Gasteiger partial charge in [-0.2, -0.15) is 0 Å². The number of rotatable bonds is 1. The summed E-state index contributed by atoms with van der Waals surface area (Å²) in [7, 11) is 1.69. The molecular formula is C8H9N3O2. The number of aryl methyl sites for hydroxylation is 2. The third-order valence-corrected chi connectivity index (χ3v) is 2.01. The van der Waals surface area contributed by atoms with Crippen molar-refractivity contribution >= 4 is 17.1 Å². The highest BCUT2D eigenvalue weighted by Gasteiger charge is 2.13. The first kappa shape index (κ1) is 7.85. The zero-order valence-electron chi connectivity index (χ0n) is 7.33. The van der Waals surface area contributed by atoms with E-state index in [2.05, 4.69) is 9.97 Å². The number of aromatic amines is 1. The summed E-state index contributed by atoms with van der Waals surface area (Å²) in [5.74, 6) is -0.149. The molecule has 0 radical (unpaired) electrons. The molecule has 5 heteroatoms. The first-order valence-corrected chi connectivity index (χ1v) is 3.85. The van der Waals surface area contributed by atoms with Crippen LogP contribution in [0, 0.1) is 6.92 Å². The van der Waals surface area contributed by atoms with E-state index in [9.17, 15) is 4.79 Å². The predicted molar refractivity (Wildman–Crippen MR) is 46.8 cm³/mol. The van der Waals surface area contributed by atoms with Crippen molar-refractivity contribution in [3.05, 3.63) is 17.6 Å². The molecule has 2 aromatic heterocycles. The predicted octanol–water partition coefficient (Wildman–Crippen LogP) is 0.908. The molecule has 0 bridgehead atoms. The summed E-state index contributed by atoms with van der Waals surface area (Å²) in [6, 6.07) is 1.58. The molecule has 0 amide bonds. The summed E-state index contributed by atoms with van der Waals surface area (Å²) < 4.78 is 1.56. The second-order valence-electron chi connectivity index (χ2n) is 2.95. The fraction of sp³-hybridized carbons (Fsp3) is 0.250. The topological polar surface area (TPSA) is 70.9 Å². The Morgan fingerprint density at radius 3 is 2.92 bits per heavy atom. The molecule has 2 N–H and O–H groups in total. The van der Waals surface area contributed by atoms with E-state index in [-0.39, 0.29) is 5.69 Å². The Balaban J connectivity index is 2.76. The highest BCUT2D eigenvalue weighted by atomic mass is 16.4. The molecule has 0 aliphatic carbocycles. The number of hydrogen-bond donors (Lipinski definition) is 2. The van der Waals surface area contributed by atoms with Crippen LogP contribution < -0.4 is 0 Å². The van der Waals surface area contributed by atoms with Crippen molar-refractivity contribution in [1.29, 1.82) is 0 Å². The van der Waals surface area contributed by atoms with Crippen LogP contribution in [0.15, 0.2) is 6.07 Å². The molecule has 2 rings (SSSR count). The van der Waals surface area contributed by atoms with Crippen LogP contribution in [0.4, 0.5) is 0 Å². The molecule has 68 valence electrons. The van der Waals surface area contributed by atoms with Gasteiger partial charge in [-0.15, -0.1) is 0 Å². The zero-order valence-corrected chi connectivity index (χ0v) is 7.33. The van der Waals surface area contributed by atoms with Crippen LogP contribution >= 0.6 is 0 Å². The van der Waals surface area contributed by atoms with Gasteiger partial charge in [-0.25, -0.2) is 9.78 Å². The normalized spacial score (nSPS) is 10.9. The van der Waals surface area contributed by atoms with E-state index in [1.807, 2.05) is 6.92 Å². The minimum Gasteiger partial charge on any atom is -0.477 e. The summed E-state index contributed by atoms with van der Waals surface area (Å²) in [5.41, 5.74) is 1.68. The number of nitrogens with one attached hydrogen (secondary N) is 1. The molecule has 5 nitrogen and oxygen atoms in total. The Morgan fingerprint density at radius 2 is 2.38 bits per heavy atom. The third-order valence-electron chi connectivity index (χ3n) is 2.01. The number of hydrogen-bond acceptors (Lipinski definition) is 2. The van der Waals surface area contributed by atoms with Gasteiger partial charge < -0.3 is 14.7 Å². The molecule has 0 aromatic carbocycles. The molecule has 0 fully saturated rings. The van der Waals surface area contributed by atoms with Crippen molar-refractivity contribution in [2.24, 2.45) is 7.05 Å². The van der Waals surface area contributed by atoms with Crippen LogP contribution in [0.25, 0.3) is 11.2 Å². The van der Waals surface area contributed by atoms with Crippen LogP contribution in [0.1, 0.15) is 16.3 Å². The zero-order chi connectivity index (χ0) is 9.59. The summed E-state index contributed by atoms with van der Waals surface area (Å²) in [6.45, 7) is 1.83. The SMILES string of the molecule is Cc1nc2c(cc(C(=O)O)n2C)[nH]1. The summed E-state index contributed by atoms with van der Waals surface area (Å²) >= 11 is 0. The Morgan fingerprint density at radius 1 is 1.69 bits per heavy atom. The number of aromatic carboxylic acids is 1. The molecule has 13 heavy (non-hydrogen) atoms. The molecule has 0 saturated carbocycles. The van der Waals surface area contributed by atoms with Crippen LogP contribution in [0.5, 0.6) is 0 Å². The molecule has 0 unspecified atom stereocenters. The third kappa shape index (κ3) is 1.00. The van der Waals surface area contributed by atoms with Crippen LogP contribution in [-0.4, -0.2) is 25.6 Å². The Bertz CT molecular complexity index is 481. The maximum atomic E-state index is 10.7. The minimum absolute atomic E-state index is 0.244. The second-order valence-corrected chi connectivity index (χ2v) is 2.95. The van der Waals surface area contributed by atoms with E-state index < -0.39 is 5.97 Å². The fourth-order valence-electron chi connectivity index (χ4n) is 1.41. The lowest BCUT2D eigenvalue weighted by Crippen LogP contribution is -2.04. The van der Waals surface area contributed by atoms with Gasteiger partial charge in [-0.3, -0.25) is 0 Å². The standard InChI is InChI=1S/C8H9N3O2/c1-4-9-5-3-6(8(12)13)11(2)7(5)10-4/h3H,1-2H3,(H,9,10)(H,12,13). The maximum absolute atomic E-state index is 10.7. The van der Waals surface area contributed by atoms with E-state index in [1.165, 1.54) is 0 Å². The molecule has 0 aliphatic heterocycles. The van der Waals surface area contributed by atoms with Gasteiger partial charge in [-0.05, 0) is 13.0 Å². The highest BCUT2D eigenvalue weighted by molar-refractivity contribution is 5.92. The number of nitrogens with zero attached hydrogens (tertiary/aromatic N) is 2. The van der Waals surface area contributed by atoms with E-state index >= 15 is 0 Å². The van der Waals surface area contributed by atoms with Gasteiger partial charge in [0.2, 0.25) is 0 Å². The number of carboxylic acid groups (broad SMARTS) is 1. The Hall–Kier alpha value is -1.78. The lowest BCUT2D eigenvalue weighted by Gasteiger charge is -1.95. The van der Waals surface area contributed by atoms with Crippen LogP contribution in [0.2, 0.25) is 0 Å². The molecule has 2 aromatic rings. The lowest BCUT2D eigenvalue weighted by atomic mass is 10.4. The van der Waals surface area contributed by atoms with Crippen molar-refractivity contribution in [2.45, 2.75) is 6.92 Å². The van der Waals surface area contributed by atoms with Gasteiger partial charge in [0.15, 0.2) is 5.65 Å². The van der Waals surface area contributed by atoms with Gasteiger partial charge >= 0.3 is 5.97 Å². The second kappa shape index (κ2) is 2.35. The van der Waals surface area contributed by atoms with E-state index in [4.69, 9.17) is 5.11 Å².